The number of hydrogen-bond donors (Lipinski definition) is 0. The molecule has 0 radical (unpaired) electrons. The lowest BCUT2D eigenvalue weighted by Crippen LogP contribution is -1.96. The highest BCUT2D eigenvalue weighted by atomic mass is 16.3. The Morgan fingerprint density at radius 3 is 1.86 bits per heavy atom. The van der Waals surface area contributed by atoms with Crippen molar-refractivity contribution < 1.29 is 4.42 Å². The third kappa shape index (κ3) is 3.51. The molecular weight excluding hydrogens is 601 g/mol. The molecular formula is C44H28N4O. The van der Waals surface area contributed by atoms with Crippen LogP contribution >= 0.6 is 0 Å². The first kappa shape index (κ1) is 26.5. The summed E-state index contributed by atoms with van der Waals surface area (Å²) in [5.41, 5.74) is 11.6. The molecule has 0 unspecified atom stereocenters. The van der Waals surface area contributed by atoms with Crippen LogP contribution in [0.1, 0.15) is 0 Å². The van der Waals surface area contributed by atoms with Gasteiger partial charge < -0.3 is 18.1 Å². The average molecular weight is 629 g/mol. The lowest BCUT2D eigenvalue weighted by Gasteiger charge is -2.11. The van der Waals surface area contributed by atoms with E-state index in [1.807, 2.05) is 6.07 Å². The zero-order valence-electron chi connectivity index (χ0n) is 26.6. The molecule has 4 aromatic heterocycles. The number of para-hydroxylation sites is 4. The van der Waals surface area contributed by atoms with Gasteiger partial charge in [0.1, 0.15) is 11.4 Å². The van der Waals surface area contributed by atoms with E-state index < -0.39 is 0 Å². The van der Waals surface area contributed by atoms with Crippen LogP contribution in [0.4, 0.5) is 0 Å². The van der Waals surface area contributed by atoms with Gasteiger partial charge in [0, 0.05) is 56.3 Å². The minimum absolute atomic E-state index is 0.886. The lowest BCUT2D eigenvalue weighted by atomic mass is 10.0. The molecule has 0 bridgehead atoms. The number of imidazole rings is 1. The second-order valence-corrected chi connectivity index (χ2v) is 12.8. The van der Waals surface area contributed by atoms with Crippen LogP contribution in [0.15, 0.2) is 156 Å². The molecule has 0 saturated carbocycles. The number of furan rings is 1. The minimum atomic E-state index is 0.886. The maximum Gasteiger partial charge on any atom is 0.160 e. The van der Waals surface area contributed by atoms with E-state index >= 15 is 0 Å². The summed E-state index contributed by atoms with van der Waals surface area (Å²) in [6, 6.07) is 53.7. The van der Waals surface area contributed by atoms with E-state index in [1.54, 1.807) is 0 Å². The second-order valence-electron chi connectivity index (χ2n) is 12.8. The van der Waals surface area contributed by atoms with Crippen molar-refractivity contribution in [3.63, 3.8) is 0 Å². The van der Waals surface area contributed by atoms with Crippen molar-refractivity contribution in [2.45, 2.75) is 0 Å². The summed E-state index contributed by atoms with van der Waals surface area (Å²) >= 11 is 0. The van der Waals surface area contributed by atoms with Crippen molar-refractivity contribution in [3.05, 3.63) is 152 Å². The van der Waals surface area contributed by atoms with Crippen molar-refractivity contribution in [3.8, 4) is 22.8 Å². The van der Waals surface area contributed by atoms with Gasteiger partial charge in [-0.25, -0.2) is 4.98 Å². The van der Waals surface area contributed by atoms with Crippen LogP contribution in [-0.4, -0.2) is 18.7 Å². The van der Waals surface area contributed by atoms with Gasteiger partial charge in [-0.15, -0.1) is 0 Å². The maximum absolute atomic E-state index is 6.90. The van der Waals surface area contributed by atoms with Gasteiger partial charge in [0.15, 0.2) is 5.58 Å². The number of nitrogens with zero attached hydrogens (tertiary/aromatic N) is 4. The first-order valence-corrected chi connectivity index (χ1v) is 16.6. The van der Waals surface area contributed by atoms with E-state index in [2.05, 4.69) is 166 Å². The molecule has 0 N–H and O–H groups in total. The third-order valence-corrected chi connectivity index (χ3v) is 10.2. The van der Waals surface area contributed by atoms with Crippen LogP contribution in [0.2, 0.25) is 0 Å². The zero-order valence-corrected chi connectivity index (χ0v) is 26.6. The van der Waals surface area contributed by atoms with E-state index in [0.717, 1.165) is 72.3 Å². The number of aromatic nitrogens is 4. The highest BCUT2D eigenvalue weighted by molar-refractivity contribution is 6.39. The lowest BCUT2D eigenvalue weighted by molar-refractivity contribution is 0.671. The molecule has 7 aromatic carbocycles. The number of hydrogen-bond acceptors (Lipinski definition) is 2. The molecule has 5 heteroatoms. The molecule has 0 aliphatic heterocycles. The van der Waals surface area contributed by atoms with E-state index in [9.17, 15) is 0 Å². The number of benzene rings is 7. The van der Waals surface area contributed by atoms with E-state index in [1.165, 1.54) is 27.1 Å². The molecule has 5 nitrogen and oxygen atoms in total. The molecule has 0 aliphatic carbocycles. The highest BCUT2D eigenvalue weighted by Gasteiger charge is 2.27. The summed E-state index contributed by atoms with van der Waals surface area (Å²) in [6.07, 6.45) is 0. The molecule has 0 atom stereocenters. The van der Waals surface area contributed by atoms with Gasteiger partial charge in [0.25, 0.3) is 0 Å². The number of fused-ring (bicyclic) bond motifs is 13. The molecule has 0 spiro atoms. The molecule has 230 valence electrons. The van der Waals surface area contributed by atoms with Crippen molar-refractivity contribution in [1.29, 1.82) is 0 Å². The monoisotopic (exact) mass is 628 g/mol. The minimum Gasteiger partial charge on any atom is -0.454 e. The van der Waals surface area contributed by atoms with Gasteiger partial charge in [-0.3, -0.25) is 0 Å². The van der Waals surface area contributed by atoms with Crippen molar-refractivity contribution >= 4 is 76.6 Å². The first-order valence-electron chi connectivity index (χ1n) is 16.6. The van der Waals surface area contributed by atoms with Crippen molar-refractivity contribution in [2.24, 2.45) is 7.05 Å². The summed E-state index contributed by atoms with van der Waals surface area (Å²) in [5, 5.41) is 7.00. The molecule has 0 saturated heterocycles. The van der Waals surface area contributed by atoms with Gasteiger partial charge in [0.05, 0.1) is 33.1 Å². The molecule has 11 rings (SSSR count). The van der Waals surface area contributed by atoms with Crippen molar-refractivity contribution in [1.82, 2.24) is 18.7 Å². The molecule has 49 heavy (non-hydrogen) atoms. The predicted molar refractivity (Wildman–Crippen MR) is 202 cm³/mol. The van der Waals surface area contributed by atoms with Crippen LogP contribution < -0.4 is 0 Å². The topological polar surface area (TPSA) is 40.8 Å². The van der Waals surface area contributed by atoms with Crippen molar-refractivity contribution in [2.75, 3.05) is 0 Å². The Hall–Kier alpha value is -6.59. The van der Waals surface area contributed by atoms with Crippen LogP contribution in [0.5, 0.6) is 0 Å². The Kier molecular flexibility index (Phi) is 5.25. The zero-order chi connectivity index (χ0) is 32.2. The summed E-state index contributed by atoms with van der Waals surface area (Å²) < 4.78 is 13.9. The largest absolute Gasteiger partial charge is 0.454 e. The standard InChI is InChI=1S/C44H28N4O/c1-46-36-25-24-29(26-33(36)45-44(46)27-14-4-2-5-15-27)48-34-21-11-8-18-30(34)38-39-32-20-10-13-23-37(32)49-43(39)42-40(41(38)48)31-19-9-12-22-35(31)47(42)28-16-6-3-7-17-28/h2-26H,1H3. The Morgan fingerprint density at radius 2 is 1.10 bits per heavy atom. The van der Waals surface area contributed by atoms with Gasteiger partial charge in [0.2, 0.25) is 0 Å². The molecule has 0 fully saturated rings. The Bertz CT molecular complexity index is 3100. The fourth-order valence-corrected chi connectivity index (χ4v) is 8.17. The SMILES string of the molecule is Cn1c(-c2ccccc2)nc2cc(-n3c4ccccc4c4c5c6ccccc6oc5c5c(c6ccccc6n5-c5ccccc5)c43)ccc21. The molecule has 0 amide bonds. The van der Waals surface area contributed by atoms with Crippen LogP contribution in [-0.2, 0) is 7.05 Å². The van der Waals surface area contributed by atoms with Gasteiger partial charge in [-0.2, -0.15) is 0 Å². The molecule has 11 aromatic rings. The predicted octanol–water partition coefficient (Wildman–Crippen LogP) is 11.3. The first-order chi connectivity index (χ1) is 24.3. The van der Waals surface area contributed by atoms with Crippen LogP contribution in [0, 0.1) is 0 Å². The number of aryl methyl sites for hydroxylation is 1. The summed E-state index contributed by atoms with van der Waals surface area (Å²) in [7, 11) is 2.10. The Balaban J connectivity index is 1.37. The smallest absolute Gasteiger partial charge is 0.160 e. The normalized spacial score (nSPS) is 12.2. The average Bonchev–Trinajstić information content (AvgIpc) is 3.90. The number of rotatable bonds is 3. The van der Waals surface area contributed by atoms with Gasteiger partial charge in [-0.05, 0) is 48.5 Å². The quantitative estimate of drug-likeness (QED) is 0.195. The van der Waals surface area contributed by atoms with E-state index in [-0.39, 0.29) is 0 Å². The highest BCUT2D eigenvalue weighted by Crippen LogP contribution is 2.49. The fraction of sp³-hybridized carbons (Fsp3) is 0.0227. The summed E-state index contributed by atoms with van der Waals surface area (Å²) in [5.74, 6) is 0.954. The van der Waals surface area contributed by atoms with E-state index in [4.69, 9.17) is 9.40 Å². The van der Waals surface area contributed by atoms with Gasteiger partial charge in [-0.1, -0.05) is 103 Å². The Labute approximate surface area is 280 Å². The van der Waals surface area contributed by atoms with Crippen LogP contribution in [0.3, 0.4) is 0 Å². The third-order valence-electron chi connectivity index (χ3n) is 10.2. The molecule has 0 aliphatic rings. The van der Waals surface area contributed by atoms with Crippen LogP contribution in [0.25, 0.3) is 99.3 Å². The fourth-order valence-electron chi connectivity index (χ4n) is 8.17. The van der Waals surface area contributed by atoms with E-state index in [0.29, 0.717) is 0 Å². The summed E-state index contributed by atoms with van der Waals surface area (Å²) in [4.78, 5) is 5.18. The Morgan fingerprint density at radius 1 is 0.490 bits per heavy atom. The van der Waals surface area contributed by atoms with Gasteiger partial charge >= 0.3 is 0 Å². The summed E-state index contributed by atoms with van der Waals surface area (Å²) in [6.45, 7) is 0. The second kappa shape index (κ2) is 9.72. The maximum atomic E-state index is 6.90. The molecule has 4 heterocycles.